The minimum atomic E-state index is 0.229. The molecular weight excluding hydrogens is 356 g/mol. The fourth-order valence-electron chi connectivity index (χ4n) is 2.39. The lowest BCUT2D eigenvalue weighted by molar-refractivity contribution is -0.129. The molecule has 4 rings (SSSR count). The van der Waals surface area contributed by atoms with Gasteiger partial charge in [0, 0.05) is 17.8 Å². The second kappa shape index (κ2) is 9.22. The normalized spacial score (nSPS) is 13.5. The second-order valence-electron chi connectivity index (χ2n) is 5.38. The predicted octanol–water partition coefficient (Wildman–Crippen LogP) is 0.980. The zero-order chi connectivity index (χ0) is 18.9. The number of rotatable bonds is 5. The van der Waals surface area contributed by atoms with Gasteiger partial charge in [-0.15, -0.1) is 0 Å². The molecule has 0 atom stereocenters. The number of nitrogens with zero attached hydrogens (tertiary/aromatic N) is 2. The number of aromatic nitrogens is 2. The van der Waals surface area contributed by atoms with E-state index in [9.17, 15) is 9.59 Å². The molecule has 2 N–H and O–H groups in total. The van der Waals surface area contributed by atoms with Crippen LogP contribution in [0, 0.1) is 0 Å². The average molecular weight is 374 g/mol. The van der Waals surface area contributed by atoms with Crippen molar-refractivity contribution in [3.63, 3.8) is 0 Å². The SMILES string of the molecule is O=COCc1cnc2c(c1)OCCN2.O=COc1cnc2c(c1)OCCN2. The summed E-state index contributed by atoms with van der Waals surface area (Å²) in [4.78, 5) is 28.2. The maximum Gasteiger partial charge on any atom is 0.298 e. The van der Waals surface area contributed by atoms with E-state index in [1.54, 1.807) is 12.3 Å². The number of pyridine rings is 2. The minimum absolute atomic E-state index is 0.229. The Kier molecular flexibility index (Phi) is 6.23. The molecule has 0 amide bonds. The second-order valence-corrected chi connectivity index (χ2v) is 5.38. The Hall–Kier alpha value is -3.56. The number of carbonyl (C=O) groups excluding carboxylic acids is 2. The lowest BCUT2D eigenvalue weighted by Crippen LogP contribution is -2.19. The van der Waals surface area contributed by atoms with Crippen LogP contribution in [0.4, 0.5) is 11.6 Å². The van der Waals surface area contributed by atoms with Crippen molar-refractivity contribution in [2.24, 2.45) is 0 Å². The molecule has 0 spiro atoms. The van der Waals surface area contributed by atoms with E-state index in [2.05, 4.69) is 30.1 Å². The third-order valence-electron chi connectivity index (χ3n) is 3.54. The summed E-state index contributed by atoms with van der Waals surface area (Å²) in [5.41, 5.74) is 0.819. The van der Waals surface area contributed by atoms with E-state index in [0.29, 0.717) is 49.2 Å². The molecule has 0 aliphatic carbocycles. The van der Waals surface area contributed by atoms with E-state index >= 15 is 0 Å². The molecular formula is C17H18N4O6. The van der Waals surface area contributed by atoms with Crippen molar-refractivity contribution < 1.29 is 28.5 Å². The number of carbonyl (C=O) groups is 2. The first kappa shape index (κ1) is 18.2. The topological polar surface area (TPSA) is 121 Å². The van der Waals surface area contributed by atoms with Gasteiger partial charge in [0.2, 0.25) is 0 Å². The molecule has 10 nitrogen and oxygen atoms in total. The summed E-state index contributed by atoms with van der Waals surface area (Å²) >= 11 is 0. The fraction of sp³-hybridized carbons (Fsp3) is 0.294. The van der Waals surface area contributed by atoms with E-state index in [1.165, 1.54) is 6.20 Å². The van der Waals surface area contributed by atoms with Crippen molar-refractivity contribution in [3.05, 3.63) is 30.1 Å². The molecule has 0 unspecified atom stereocenters. The number of fused-ring (bicyclic) bond motifs is 2. The predicted molar refractivity (Wildman–Crippen MR) is 94.0 cm³/mol. The Morgan fingerprint density at radius 1 is 0.963 bits per heavy atom. The molecule has 0 radical (unpaired) electrons. The van der Waals surface area contributed by atoms with Crippen LogP contribution in [0.3, 0.4) is 0 Å². The molecule has 0 bridgehead atoms. The van der Waals surface area contributed by atoms with Crippen LogP contribution >= 0.6 is 0 Å². The van der Waals surface area contributed by atoms with Gasteiger partial charge in [0.25, 0.3) is 12.9 Å². The van der Waals surface area contributed by atoms with Gasteiger partial charge in [0.1, 0.15) is 19.8 Å². The smallest absolute Gasteiger partial charge is 0.298 e. The zero-order valence-electron chi connectivity index (χ0n) is 14.3. The molecule has 0 fully saturated rings. The minimum Gasteiger partial charge on any atom is -0.488 e. The van der Waals surface area contributed by atoms with Crippen molar-refractivity contribution in [1.82, 2.24) is 9.97 Å². The monoisotopic (exact) mass is 374 g/mol. The Morgan fingerprint density at radius 3 is 2.30 bits per heavy atom. The van der Waals surface area contributed by atoms with Crippen LogP contribution in [0.5, 0.6) is 17.2 Å². The maximum atomic E-state index is 10.0. The Labute approximate surface area is 154 Å². The number of hydrogen-bond donors (Lipinski definition) is 2. The lowest BCUT2D eigenvalue weighted by atomic mass is 10.2. The van der Waals surface area contributed by atoms with Crippen LogP contribution in [-0.2, 0) is 20.9 Å². The molecule has 2 aliphatic rings. The molecule has 4 heterocycles. The van der Waals surface area contributed by atoms with Crippen molar-refractivity contribution in [1.29, 1.82) is 0 Å². The van der Waals surface area contributed by atoms with Crippen LogP contribution in [0.1, 0.15) is 5.56 Å². The third kappa shape index (κ3) is 4.97. The van der Waals surface area contributed by atoms with Crippen molar-refractivity contribution >= 4 is 24.6 Å². The standard InChI is InChI=1S/C9H10N2O3.C8H8N2O3/c12-6-13-5-7-3-8-9(11-4-7)10-1-2-14-8;11-5-13-6-3-7-8(10-4-6)9-1-2-12-7/h3-4,6H,1-2,5H2,(H,10,11);3-5H,1-2H2,(H,9,10). The van der Waals surface area contributed by atoms with Crippen LogP contribution in [0.25, 0.3) is 0 Å². The number of ether oxygens (including phenoxy) is 4. The molecule has 142 valence electrons. The quantitative estimate of drug-likeness (QED) is 0.733. The molecule has 0 aromatic carbocycles. The summed E-state index contributed by atoms with van der Waals surface area (Å²) in [6.45, 7) is 3.75. The van der Waals surface area contributed by atoms with Crippen molar-refractivity contribution in [3.8, 4) is 17.2 Å². The molecule has 2 aliphatic heterocycles. The van der Waals surface area contributed by atoms with Crippen LogP contribution in [-0.4, -0.2) is 49.2 Å². The van der Waals surface area contributed by atoms with Crippen molar-refractivity contribution in [2.75, 3.05) is 36.9 Å². The van der Waals surface area contributed by atoms with Crippen LogP contribution < -0.4 is 24.8 Å². The van der Waals surface area contributed by atoms with Gasteiger partial charge in [-0.2, -0.15) is 0 Å². The summed E-state index contributed by atoms with van der Waals surface area (Å²) in [5.74, 6) is 3.14. The highest BCUT2D eigenvalue weighted by Crippen LogP contribution is 2.28. The first-order valence-corrected chi connectivity index (χ1v) is 8.18. The highest BCUT2D eigenvalue weighted by atomic mass is 16.5. The van der Waals surface area contributed by atoms with Gasteiger partial charge in [-0.1, -0.05) is 0 Å². The molecule has 0 saturated heterocycles. The first-order valence-electron chi connectivity index (χ1n) is 8.18. The van der Waals surface area contributed by atoms with Gasteiger partial charge < -0.3 is 29.6 Å². The van der Waals surface area contributed by atoms with Gasteiger partial charge in [0.15, 0.2) is 28.9 Å². The summed E-state index contributed by atoms with van der Waals surface area (Å²) in [6, 6.07) is 3.45. The van der Waals surface area contributed by atoms with Gasteiger partial charge >= 0.3 is 0 Å². The molecule has 2 aromatic heterocycles. The molecule has 27 heavy (non-hydrogen) atoms. The lowest BCUT2D eigenvalue weighted by Gasteiger charge is -2.18. The summed E-state index contributed by atoms with van der Waals surface area (Å²) < 4.78 is 19.9. The zero-order valence-corrected chi connectivity index (χ0v) is 14.3. The number of nitrogens with one attached hydrogen (secondary N) is 2. The van der Waals surface area contributed by atoms with Gasteiger partial charge in [-0.3, -0.25) is 9.59 Å². The average Bonchev–Trinajstić information content (AvgIpc) is 2.73. The van der Waals surface area contributed by atoms with Gasteiger partial charge in [-0.05, 0) is 6.07 Å². The summed E-state index contributed by atoms with van der Waals surface area (Å²) in [6.07, 6.45) is 3.12. The third-order valence-corrected chi connectivity index (χ3v) is 3.54. The maximum absolute atomic E-state index is 10.0. The number of hydrogen-bond acceptors (Lipinski definition) is 10. The van der Waals surface area contributed by atoms with Crippen LogP contribution in [0.15, 0.2) is 24.5 Å². The van der Waals surface area contributed by atoms with Gasteiger partial charge in [0.05, 0.1) is 19.3 Å². The largest absolute Gasteiger partial charge is 0.488 e. The van der Waals surface area contributed by atoms with E-state index in [1.807, 2.05) is 6.07 Å². The van der Waals surface area contributed by atoms with E-state index in [4.69, 9.17) is 9.47 Å². The van der Waals surface area contributed by atoms with E-state index in [0.717, 1.165) is 24.5 Å². The van der Waals surface area contributed by atoms with E-state index < -0.39 is 0 Å². The Balaban J connectivity index is 0.000000156. The summed E-state index contributed by atoms with van der Waals surface area (Å²) in [7, 11) is 0. The van der Waals surface area contributed by atoms with E-state index in [-0.39, 0.29) is 6.61 Å². The Bertz CT molecular complexity index is 801. The van der Waals surface area contributed by atoms with Gasteiger partial charge in [-0.25, -0.2) is 9.97 Å². The summed E-state index contributed by atoms with van der Waals surface area (Å²) in [5, 5.41) is 6.15. The highest BCUT2D eigenvalue weighted by molar-refractivity contribution is 5.56. The van der Waals surface area contributed by atoms with Crippen LogP contribution in [0.2, 0.25) is 0 Å². The molecule has 2 aromatic rings. The fourth-order valence-corrected chi connectivity index (χ4v) is 2.39. The Morgan fingerprint density at radius 2 is 1.63 bits per heavy atom. The van der Waals surface area contributed by atoms with Crippen molar-refractivity contribution in [2.45, 2.75) is 6.61 Å². The molecule has 0 saturated carbocycles. The molecule has 10 heteroatoms. The number of anilines is 2. The highest BCUT2D eigenvalue weighted by Gasteiger charge is 2.12. The first-order chi connectivity index (χ1) is 13.3.